The SMILES string of the molecule is CCC1(NCc2ccc(N3CCOCC3)cc2)CCC1. The number of rotatable bonds is 5. The normalized spacial score (nSPS) is 21.6. The van der Waals surface area contributed by atoms with Crippen LogP contribution in [0.1, 0.15) is 38.2 Å². The standard InChI is InChI=1S/C17H26N2O/c1-2-17(8-3-9-17)18-14-15-4-6-16(7-5-15)19-10-12-20-13-11-19/h4-7,18H,2-3,8-14H2,1H3. The predicted molar refractivity (Wildman–Crippen MR) is 83.2 cm³/mol. The summed E-state index contributed by atoms with van der Waals surface area (Å²) in [5.74, 6) is 0. The van der Waals surface area contributed by atoms with E-state index >= 15 is 0 Å². The van der Waals surface area contributed by atoms with Gasteiger partial charge in [0, 0.05) is 30.9 Å². The second kappa shape index (κ2) is 6.15. The first kappa shape index (κ1) is 13.9. The third-order valence-corrected chi connectivity index (χ3v) is 4.97. The van der Waals surface area contributed by atoms with Crippen molar-refractivity contribution in [1.82, 2.24) is 5.32 Å². The van der Waals surface area contributed by atoms with Gasteiger partial charge in [-0.05, 0) is 43.4 Å². The first-order chi connectivity index (χ1) is 9.81. The van der Waals surface area contributed by atoms with E-state index < -0.39 is 0 Å². The van der Waals surface area contributed by atoms with Gasteiger partial charge in [-0.25, -0.2) is 0 Å². The van der Waals surface area contributed by atoms with Crippen LogP contribution < -0.4 is 10.2 Å². The van der Waals surface area contributed by atoms with E-state index in [9.17, 15) is 0 Å². The first-order valence-corrected chi connectivity index (χ1v) is 7.98. The zero-order valence-electron chi connectivity index (χ0n) is 12.5. The zero-order chi connectivity index (χ0) is 13.8. The molecule has 0 spiro atoms. The average molecular weight is 274 g/mol. The van der Waals surface area contributed by atoms with E-state index in [1.165, 1.54) is 36.9 Å². The highest BCUT2D eigenvalue weighted by atomic mass is 16.5. The molecular weight excluding hydrogens is 248 g/mol. The number of benzene rings is 1. The predicted octanol–water partition coefficient (Wildman–Crippen LogP) is 2.95. The maximum absolute atomic E-state index is 5.40. The smallest absolute Gasteiger partial charge is 0.0642 e. The highest BCUT2D eigenvalue weighted by Crippen LogP contribution is 2.34. The van der Waals surface area contributed by atoms with Gasteiger partial charge in [0.15, 0.2) is 0 Å². The third-order valence-electron chi connectivity index (χ3n) is 4.97. The maximum atomic E-state index is 5.40. The lowest BCUT2D eigenvalue weighted by atomic mass is 9.75. The largest absolute Gasteiger partial charge is 0.378 e. The zero-order valence-corrected chi connectivity index (χ0v) is 12.5. The Morgan fingerprint density at radius 3 is 2.40 bits per heavy atom. The minimum atomic E-state index is 0.433. The molecule has 0 atom stereocenters. The van der Waals surface area contributed by atoms with Gasteiger partial charge >= 0.3 is 0 Å². The van der Waals surface area contributed by atoms with E-state index in [0.717, 1.165) is 32.8 Å². The van der Waals surface area contributed by atoms with Gasteiger partial charge in [-0.1, -0.05) is 19.1 Å². The Morgan fingerprint density at radius 1 is 1.15 bits per heavy atom. The number of morpholine rings is 1. The van der Waals surface area contributed by atoms with E-state index in [0.29, 0.717) is 5.54 Å². The number of nitrogens with zero attached hydrogens (tertiary/aromatic N) is 1. The van der Waals surface area contributed by atoms with Crippen molar-refractivity contribution in [3.63, 3.8) is 0 Å². The molecule has 1 aliphatic carbocycles. The van der Waals surface area contributed by atoms with Crippen LogP contribution in [0.5, 0.6) is 0 Å². The van der Waals surface area contributed by atoms with E-state index in [1.807, 2.05) is 0 Å². The first-order valence-electron chi connectivity index (χ1n) is 7.98. The van der Waals surface area contributed by atoms with Gasteiger partial charge < -0.3 is 15.0 Å². The van der Waals surface area contributed by atoms with Crippen molar-refractivity contribution < 1.29 is 4.74 Å². The van der Waals surface area contributed by atoms with Crippen LogP contribution in [0.3, 0.4) is 0 Å². The van der Waals surface area contributed by atoms with Crippen LogP contribution in [0.2, 0.25) is 0 Å². The van der Waals surface area contributed by atoms with Gasteiger partial charge in [0.25, 0.3) is 0 Å². The third kappa shape index (κ3) is 2.99. The Hall–Kier alpha value is -1.06. The second-order valence-corrected chi connectivity index (χ2v) is 6.11. The van der Waals surface area contributed by atoms with Crippen LogP contribution in [-0.4, -0.2) is 31.8 Å². The van der Waals surface area contributed by atoms with Crippen molar-refractivity contribution in [2.24, 2.45) is 0 Å². The number of ether oxygens (including phenoxy) is 1. The van der Waals surface area contributed by atoms with E-state index in [4.69, 9.17) is 4.74 Å². The molecule has 0 bridgehead atoms. The van der Waals surface area contributed by atoms with E-state index in [-0.39, 0.29) is 0 Å². The molecule has 1 aromatic rings. The molecular formula is C17H26N2O. The molecule has 0 amide bonds. The molecule has 110 valence electrons. The molecule has 1 aliphatic heterocycles. The van der Waals surface area contributed by atoms with Gasteiger partial charge in [-0.2, -0.15) is 0 Å². The number of anilines is 1. The second-order valence-electron chi connectivity index (χ2n) is 6.11. The lowest BCUT2D eigenvalue weighted by molar-refractivity contribution is 0.122. The fraction of sp³-hybridized carbons (Fsp3) is 0.647. The van der Waals surface area contributed by atoms with Crippen molar-refractivity contribution in [2.75, 3.05) is 31.2 Å². The number of nitrogens with one attached hydrogen (secondary N) is 1. The molecule has 2 fully saturated rings. The minimum Gasteiger partial charge on any atom is -0.378 e. The van der Waals surface area contributed by atoms with Gasteiger partial charge in [-0.15, -0.1) is 0 Å². The Morgan fingerprint density at radius 2 is 1.85 bits per heavy atom. The molecule has 1 N–H and O–H groups in total. The summed E-state index contributed by atoms with van der Waals surface area (Å²) in [4.78, 5) is 2.40. The van der Waals surface area contributed by atoms with Gasteiger partial charge in [0.1, 0.15) is 0 Å². The van der Waals surface area contributed by atoms with E-state index in [1.54, 1.807) is 0 Å². The summed E-state index contributed by atoms with van der Waals surface area (Å²) in [6.07, 6.45) is 5.32. The molecule has 1 saturated carbocycles. The van der Waals surface area contributed by atoms with E-state index in [2.05, 4.69) is 41.4 Å². The molecule has 3 heteroatoms. The van der Waals surface area contributed by atoms with Crippen LogP contribution in [0.15, 0.2) is 24.3 Å². The topological polar surface area (TPSA) is 24.5 Å². The molecule has 0 unspecified atom stereocenters. The summed E-state index contributed by atoms with van der Waals surface area (Å²) in [5.41, 5.74) is 3.15. The highest BCUT2D eigenvalue weighted by molar-refractivity contribution is 5.47. The van der Waals surface area contributed by atoms with Gasteiger partial charge in [0.05, 0.1) is 13.2 Å². The number of hydrogen-bond acceptors (Lipinski definition) is 3. The quantitative estimate of drug-likeness (QED) is 0.893. The molecule has 1 heterocycles. The fourth-order valence-corrected chi connectivity index (χ4v) is 3.19. The summed E-state index contributed by atoms with van der Waals surface area (Å²) in [5, 5.41) is 3.76. The van der Waals surface area contributed by atoms with Crippen LogP contribution in [0, 0.1) is 0 Å². The average Bonchev–Trinajstić information content (AvgIpc) is 2.48. The Kier molecular flexibility index (Phi) is 4.27. The van der Waals surface area contributed by atoms with Crippen LogP contribution in [0.4, 0.5) is 5.69 Å². The summed E-state index contributed by atoms with van der Waals surface area (Å²) in [6.45, 7) is 7.02. The van der Waals surface area contributed by atoms with Gasteiger partial charge in [0.2, 0.25) is 0 Å². The van der Waals surface area contributed by atoms with Crippen LogP contribution in [-0.2, 0) is 11.3 Å². The monoisotopic (exact) mass is 274 g/mol. The van der Waals surface area contributed by atoms with Crippen LogP contribution >= 0.6 is 0 Å². The Bertz CT molecular complexity index is 414. The summed E-state index contributed by atoms with van der Waals surface area (Å²) in [6, 6.07) is 9.03. The minimum absolute atomic E-state index is 0.433. The maximum Gasteiger partial charge on any atom is 0.0642 e. The lowest BCUT2D eigenvalue weighted by Crippen LogP contribution is -2.49. The van der Waals surface area contributed by atoms with Crippen molar-refractivity contribution in [1.29, 1.82) is 0 Å². The Labute approximate surface area is 122 Å². The molecule has 3 nitrogen and oxygen atoms in total. The summed E-state index contributed by atoms with van der Waals surface area (Å²) < 4.78 is 5.40. The van der Waals surface area contributed by atoms with Crippen molar-refractivity contribution >= 4 is 5.69 Å². The molecule has 3 rings (SSSR count). The Balaban J connectivity index is 1.55. The summed E-state index contributed by atoms with van der Waals surface area (Å²) in [7, 11) is 0. The molecule has 1 aromatic carbocycles. The van der Waals surface area contributed by atoms with Crippen molar-refractivity contribution in [3.8, 4) is 0 Å². The molecule has 0 radical (unpaired) electrons. The molecule has 0 aromatic heterocycles. The van der Waals surface area contributed by atoms with Crippen LogP contribution in [0.25, 0.3) is 0 Å². The molecule has 1 saturated heterocycles. The molecule has 20 heavy (non-hydrogen) atoms. The lowest BCUT2D eigenvalue weighted by Gasteiger charge is -2.42. The van der Waals surface area contributed by atoms with Crippen molar-refractivity contribution in [3.05, 3.63) is 29.8 Å². The highest BCUT2D eigenvalue weighted by Gasteiger charge is 2.34. The fourth-order valence-electron chi connectivity index (χ4n) is 3.19. The summed E-state index contributed by atoms with van der Waals surface area (Å²) >= 11 is 0. The van der Waals surface area contributed by atoms with Gasteiger partial charge in [-0.3, -0.25) is 0 Å². The molecule has 2 aliphatic rings. The number of hydrogen-bond donors (Lipinski definition) is 1. The van der Waals surface area contributed by atoms with Crippen molar-refractivity contribution in [2.45, 2.75) is 44.7 Å².